The maximum atomic E-state index is 12.3. The van der Waals surface area contributed by atoms with Crippen molar-refractivity contribution >= 4 is 18.1 Å². The number of ether oxygens (including phenoxy) is 2. The molecule has 0 radical (unpaired) electrons. The average Bonchev–Trinajstić information content (AvgIpc) is 2.67. The highest BCUT2D eigenvalue weighted by Gasteiger charge is 2.29. The van der Waals surface area contributed by atoms with Gasteiger partial charge in [-0.2, -0.15) is 0 Å². The van der Waals surface area contributed by atoms with Crippen LogP contribution in [0, 0.1) is 0 Å². The normalized spacial score (nSPS) is 11.5. The predicted molar refractivity (Wildman–Crippen MR) is 105 cm³/mol. The first kappa shape index (κ1) is 20.6. The summed E-state index contributed by atoms with van der Waals surface area (Å²) in [7, 11) is 0. The molecule has 144 valence electrons. The van der Waals surface area contributed by atoms with E-state index in [4.69, 9.17) is 14.6 Å². The van der Waals surface area contributed by atoms with Crippen LogP contribution >= 0.6 is 0 Å². The fraction of sp³-hybridized carbons (Fsp3) is 0.333. The predicted octanol–water partition coefficient (Wildman–Crippen LogP) is 2.53. The Hall–Kier alpha value is -2.70. The minimum absolute atomic E-state index is 0.0315. The van der Waals surface area contributed by atoms with E-state index in [0.29, 0.717) is 18.9 Å². The second-order valence-electron chi connectivity index (χ2n) is 6.39. The zero-order valence-corrected chi connectivity index (χ0v) is 15.7. The van der Waals surface area contributed by atoms with Crippen molar-refractivity contribution in [1.82, 2.24) is 10.3 Å². The second-order valence-corrected chi connectivity index (χ2v) is 6.39. The average molecular weight is 370 g/mol. The van der Waals surface area contributed by atoms with Crippen molar-refractivity contribution in [1.29, 1.82) is 0 Å². The van der Waals surface area contributed by atoms with Crippen LogP contribution in [0.5, 0.6) is 5.75 Å². The summed E-state index contributed by atoms with van der Waals surface area (Å²) < 4.78 is 11.0. The number of carbonyl (C=O) groups is 1. The van der Waals surface area contributed by atoms with E-state index in [1.807, 2.05) is 48.6 Å². The van der Waals surface area contributed by atoms with E-state index in [0.717, 1.165) is 11.1 Å². The third-order valence-electron chi connectivity index (χ3n) is 3.74. The molecule has 6 heteroatoms. The van der Waals surface area contributed by atoms with Crippen LogP contribution in [-0.4, -0.2) is 48.0 Å². The quantitative estimate of drug-likeness (QED) is 0.628. The highest BCUT2D eigenvalue weighted by atomic mass is 16.5. The Morgan fingerprint density at radius 3 is 2.33 bits per heavy atom. The summed E-state index contributed by atoms with van der Waals surface area (Å²) in [4.78, 5) is 16.3. The summed E-state index contributed by atoms with van der Waals surface area (Å²) in [6.07, 6.45) is 7.52. The van der Waals surface area contributed by atoms with Crippen LogP contribution in [0.4, 0.5) is 0 Å². The Morgan fingerprint density at radius 2 is 1.70 bits per heavy atom. The number of benzene rings is 1. The molecule has 2 rings (SSSR count). The number of aromatic nitrogens is 1. The molecule has 0 saturated heterocycles. The molecule has 1 aromatic heterocycles. The van der Waals surface area contributed by atoms with Crippen LogP contribution in [0.25, 0.3) is 12.2 Å². The Kier molecular flexibility index (Phi) is 7.98. The fourth-order valence-corrected chi connectivity index (χ4v) is 2.27. The number of aliphatic hydroxyl groups excluding tert-OH is 1. The number of amides is 1. The molecule has 0 atom stereocenters. The lowest BCUT2D eigenvalue weighted by Gasteiger charge is -2.25. The topological polar surface area (TPSA) is 80.7 Å². The van der Waals surface area contributed by atoms with Gasteiger partial charge in [0.15, 0.2) is 5.60 Å². The number of pyridine rings is 1. The molecule has 2 N–H and O–H groups in total. The SMILES string of the molecule is CC(C)(Oc1ccc(/C=C/c2ccncc2)cc1)C(=O)NCCOCCO. The van der Waals surface area contributed by atoms with Gasteiger partial charge in [-0.25, -0.2) is 0 Å². The van der Waals surface area contributed by atoms with Gasteiger partial charge in [-0.1, -0.05) is 24.3 Å². The molecule has 0 aliphatic heterocycles. The molecule has 1 heterocycles. The summed E-state index contributed by atoms with van der Waals surface area (Å²) in [6, 6.07) is 11.4. The highest BCUT2D eigenvalue weighted by Crippen LogP contribution is 2.20. The molecular formula is C21H26N2O4. The van der Waals surface area contributed by atoms with E-state index < -0.39 is 5.60 Å². The Morgan fingerprint density at radius 1 is 1.07 bits per heavy atom. The Bertz CT molecular complexity index is 728. The van der Waals surface area contributed by atoms with Gasteiger partial charge >= 0.3 is 0 Å². The third kappa shape index (κ3) is 7.21. The molecule has 0 aliphatic rings. The number of rotatable bonds is 10. The molecule has 1 aromatic carbocycles. The van der Waals surface area contributed by atoms with Gasteiger partial charge in [-0.05, 0) is 49.2 Å². The molecule has 2 aromatic rings. The van der Waals surface area contributed by atoms with Crippen LogP contribution in [0.1, 0.15) is 25.0 Å². The Labute approximate surface area is 159 Å². The van der Waals surface area contributed by atoms with E-state index in [1.54, 1.807) is 26.2 Å². The Balaban J connectivity index is 1.86. The van der Waals surface area contributed by atoms with Crippen LogP contribution in [0.15, 0.2) is 48.8 Å². The van der Waals surface area contributed by atoms with Gasteiger partial charge in [-0.3, -0.25) is 9.78 Å². The third-order valence-corrected chi connectivity index (χ3v) is 3.74. The standard InChI is InChI=1S/C21H26N2O4/c1-21(2,20(25)23-13-15-26-16-14-24)27-19-7-5-17(6-8-19)3-4-18-9-11-22-12-10-18/h3-12,24H,13-16H2,1-2H3,(H,23,25)/b4-3+. The smallest absolute Gasteiger partial charge is 0.263 e. The van der Waals surface area contributed by atoms with Crippen molar-refractivity contribution in [2.45, 2.75) is 19.4 Å². The summed E-state index contributed by atoms with van der Waals surface area (Å²) >= 11 is 0. The molecule has 1 amide bonds. The van der Waals surface area contributed by atoms with Gasteiger partial charge in [0.2, 0.25) is 0 Å². The molecule has 0 aliphatic carbocycles. The minimum Gasteiger partial charge on any atom is -0.478 e. The minimum atomic E-state index is -1.01. The molecule has 27 heavy (non-hydrogen) atoms. The maximum Gasteiger partial charge on any atom is 0.263 e. The van der Waals surface area contributed by atoms with Gasteiger partial charge < -0.3 is 19.9 Å². The van der Waals surface area contributed by atoms with E-state index in [1.165, 1.54) is 0 Å². The number of hydrogen-bond acceptors (Lipinski definition) is 5. The molecular weight excluding hydrogens is 344 g/mol. The lowest BCUT2D eigenvalue weighted by molar-refractivity contribution is -0.134. The second kappa shape index (κ2) is 10.4. The molecule has 0 unspecified atom stereocenters. The highest BCUT2D eigenvalue weighted by molar-refractivity contribution is 5.84. The van der Waals surface area contributed by atoms with Crippen LogP contribution in [0.3, 0.4) is 0 Å². The largest absolute Gasteiger partial charge is 0.478 e. The zero-order valence-electron chi connectivity index (χ0n) is 15.7. The monoisotopic (exact) mass is 370 g/mol. The number of carbonyl (C=O) groups excluding carboxylic acids is 1. The number of nitrogens with one attached hydrogen (secondary N) is 1. The first-order chi connectivity index (χ1) is 13.0. The van der Waals surface area contributed by atoms with Gasteiger partial charge in [0.25, 0.3) is 5.91 Å². The summed E-state index contributed by atoms with van der Waals surface area (Å²) in [5.74, 6) is 0.393. The van der Waals surface area contributed by atoms with Crippen LogP contribution in [0.2, 0.25) is 0 Å². The summed E-state index contributed by atoms with van der Waals surface area (Å²) in [5.41, 5.74) is 1.10. The molecule has 0 spiro atoms. The zero-order chi connectivity index (χ0) is 19.5. The maximum absolute atomic E-state index is 12.3. The first-order valence-corrected chi connectivity index (χ1v) is 8.85. The van der Waals surface area contributed by atoms with Crippen molar-refractivity contribution < 1.29 is 19.4 Å². The van der Waals surface area contributed by atoms with Crippen molar-refractivity contribution in [2.24, 2.45) is 0 Å². The van der Waals surface area contributed by atoms with Crippen molar-refractivity contribution in [2.75, 3.05) is 26.4 Å². The van der Waals surface area contributed by atoms with Crippen molar-refractivity contribution in [3.8, 4) is 5.75 Å². The van der Waals surface area contributed by atoms with E-state index >= 15 is 0 Å². The van der Waals surface area contributed by atoms with Gasteiger partial charge in [-0.15, -0.1) is 0 Å². The summed E-state index contributed by atoms with van der Waals surface area (Å²) in [5, 5.41) is 11.4. The lowest BCUT2D eigenvalue weighted by atomic mass is 10.1. The van der Waals surface area contributed by atoms with Gasteiger partial charge in [0, 0.05) is 18.9 Å². The van der Waals surface area contributed by atoms with Crippen molar-refractivity contribution in [3.05, 3.63) is 59.9 Å². The molecule has 0 bridgehead atoms. The number of aliphatic hydroxyl groups is 1. The number of nitrogens with zero attached hydrogens (tertiary/aromatic N) is 1. The van der Waals surface area contributed by atoms with E-state index in [2.05, 4.69) is 10.3 Å². The fourth-order valence-electron chi connectivity index (χ4n) is 2.27. The van der Waals surface area contributed by atoms with Gasteiger partial charge in [0.05, 0.1) is 19.8 Å². The molecule has 0 fully saturated rings. The molecule has 6 nitrogen and oxygen atoms in total. The van der Waals surface area contributed by atoms with Crippen molar-refractivity contribution in [3.63, 3.8) is 0 Å². The summed E-state index contributed by atoms with van der Waals surface area (Å²) in [6.45, 7) is 4.38. The van der Waals surface area contributed by atoms with Crippen LogP contribution < -0.4 is 10.1 Å². The molecule has 0 saturated carbocycles. The van der Waals surface area contributed by atoms with Crippen LogP contribution in [-0.2, 0) is 9.53 Å². The van der Waals surface area contributed by atoms with E-state index in [9.17, 15) is 4.79 Å². The first-order valence-electron chi connectivity index (χ1n) is 8.85. The van der Waals surface area contributed by atoms with Gasteiger partial charge in [0.1, 0.15) is 5.75 Å². The lowest BCUT2D eigenvalue weighted by Crippen LogP contribution is -2.47. The number of hydrogen-bond donors (Lipinski definition) is 2. The van der Waals surface area contributed by atoms with E-state index in [-0.39, 0.29) is 19.1 Å².